The van der Waals surface area contributed by atoms with Crippen molar-refractivity contribution in [1.82, 2.24) is 14.9 Å². The van der Waals surface area contributed by atoms with Gasteiger partial charge in [-0.25, -0.2) is 4.98 Å². The number of piperidine rings is 1. The first kappa shape index (κ1) is 18.4. The van der Waals surface area contributed by atoms with E-state index in [0.717, 1.165) is 49.4 Å². The van der Waals surface area contributed by atoms with Crippen LogP contribution in [0.5, 0.6) is 0 Å². The number of Topliss-reactive ketones (excluding diaryl/α,β-unsaturated/α-hetero) is 1. The number of hydrogen-bond donors (Lipinski definition) is 2. The molecule has 144 valence electrons. The number of para-hydroxylation sites is 1. The largest absolute Gasteiger partial charge is 0.366 e. The molecule has 3 aromatic rings. The number of aromatic nitrogens is 2. The van der Waals surface area contributed by atoms with Crippen LogP contribution >= 0.6 is 0 Å². The van der Waals surface area contributed by atoms with Crippen LogP contribution in [0.3, 0.4) is 0 Å². The Kier molecular flexibility index (Phi) is 5.21. The highest BCUT2D eigenvalue weighted by Crippen LogP contribution is 2.28. The molecule has 28 heavy (non-hydrogen) atoms. The van der Waals surface area contributed by atoms with Gasteiger partial charge in [0.05, 0.1) is 11.1 Å². The Balaban J connectivity index is 1.35. The molecular formula is C22H24N4O2. The molecule has 1 aliphatic heterocycles. The molecule has 1 saturated heterocycles. The quantitative estimate of drug-likeness (QED) is 0.647. The predicted molar refractivity (Wildman–Crippen MR) is 108 cm³/mol. The minimum atomic E-state index is -0.457. The Morgan fingerprint density at radius 2 is 1.82 bits per heavy atom. The van der Waals surface area contributed by atoms with Crippen molar-refractivity contribution in [3.05, 3.63) is 65.5 Å². The molecule has 2 aromatic carbocycles. The Bertz CT molecular complexity index is 988. The van der Waals surface area contributed by atoms with Gasteiger partial charge in [-0.1, -0.05) is 36.4 Å². The molecule has 6 heteroatoms. The average molecular weight is 376 g/mol. The van der Waals surface area contributed by atoms with E-state index in [-0.39, 0.29) is 5.78 Å². The number of hydrogen-bond acceptors (Lipinski definition) is 4. The summed E-state index contributed by atoms with van der Waals surface area (Å²) in [7, 11) is 0. The van der Waals surface area contributed by atoms with Crippen molar-refractivity contribution in [2.75, 3.05) is 19.6 Å². The van der Waals surface area contributed by atoms with E-state index in [1.54, 1.807) is 6.07 Å². The lowest BCUT2D eigenvalue weighted by molar-refractivity contribution is 0.0954. The van der Waals surface area contributed by atoms with Crippen molar-refractivity contribution in [2.45, 2.75) is 25.2 Å². The number of H-pyrrole nitrogens is 1. The third-order valence-electron chi connectivity index (χ3n) is 5.52. The number of primary amides is 1. The summed E-state index contributed by atoms with van der Waals surface area (Å²) in [5.74, 6) is 0.985. The number of aromatic amines is 1. The van der Waals surface area contributed by atoms with Gasteiger partial charge in [0.25, 0.3) is 5.91 Å². The van der Waals surface area contributed by atoms with Crippen LogP contribution in [0.1, 0.15) is 51.7 Å². The van der Waals surface area contributed by atoms with Gasteiger partial charge in [-0.3, -0.25) is 9.59 Å². The number of likely N-dealkylation sites (tertiary alicyclic amines) is 1. The van der Waals surface area contributed by atoms with Crippen LogP contribution < -0.4 is 5.73 Å². The molecule has 6 nitrogen and oxygen atoms in total. The molecule has 0 unspecified atom stereocenters. The fourth-order valence-corrected chi connectivity index (χ4v) is 3.90. The van der Waals surface area contributed by atoms with Gasteiger partial charge in [0, 0.05) is 24.4 Å². The maximum atomic E-state index is 12.3. The summed E-state index contributed by atoms with van der Waals surface area (Å²) in [5, 5.41) is 0. The molecule has 4 rings (SSSR count). The van der Waals surface area contributed by atoms with E-state index in [9.17, 15) is 9.59 Å². The number of fused-ring (bicyclic) bond motifs is 1. The lowest BCUT2D eigenvalue weighted by Crippen LogP contribution is -2.34. The normalized spacial score (nSPS) is 15.7. The van der Waals surface area contributed by atoms with E-state index in [2.05, 4.69) is 14.9 Å². The lowest BCUT2D eigenvalue weighted by atomic mass is 9.96. The van der Waals surface area contributed by atoms with Gasteiger partial charge in [-0.2, -0.15) is 0 Å². The molecule has 0 spiro atoms. The zero-order chi connectivity index (χ0) is 19.5. The Hall–Kier alpha value is -2.99. The number of rotatable bonds is 6. The van der Waals surface area contributed by atoms with Crippen LogP contribution in [0.2, 0.25) is 0 Å². The second-order valence-corrected chi connectivity index (χ2v) is 7.34. The maximum Gasteiger partial charge on any atom is 0.250 e. The van der Waals surface area contributed by atoms with Crippen LogP contribution in [-0.2, 0) is 0 Å². The number of benzene rings is 2. The number of nitrogens with zero attached hydrogens (tertiary/aromatic N) is 2. The smallest absolute Gasteiger partial charge is 0.250 e. The van der Waals surface area contributed by atoms with Crippen molar-refractivity contribution < 1.29 is 9.59 Å². The van der Waals surface area contributed by atoms with Gasteiger partial charge in [-0.05, 0) is 38.1 Å². The molecule has 1 amide bonds. The lowest BCUT2D eigenvalue weighted by Gasteiger charge is -2.30. The molecule has 0 aliphatic carbocycles. The summed E-state index contributed by atoms with van der Waals surface area (Å²) >= 11 is 0. The second-order valence-electron chi connectivity index (χ2n) is 7.34. The van der Waals surface area contributed by atoms with E-state index in [0.29, 0.717) is 23.4 Å². The molecular weight excluding hydrogens is 352 g/mol. The van der Waals surface area contributed by atoms with Gasteiger partial charge >= 0.3 is 0 Å². The zero-order valence-corrected chi connectivity index (χ0v) is 15.7. The highest BCUT2D eigenvalue weighted by atomic mass is 16.1. The van der Waals surface area contributed by atoms with E-state index in [1.165, 1.54) is 0 Å². The van der Waals surface area contributed by atoms with Crippen LogP contribution in [0.4, 0.5) is 0 Å². The minimum absolute atomic E-state index is 0.194. The summed E-state index contributed by atoms with van der Waals surface area (Å²) in [6.07, 6.45) is 2.50. The summed E-state index contributed by atoms with van der Waals surface area (Å²) in [4.78, 5) is 34.3. The number of nitrogens with one attached hydrogen (secondary N) is 1. The number of amides is 1. The predicted octanol–water partition coefficient (Wildman–Crippen LogP) is 3.11. The van der Waals surface area contributed by atoms with Crippen molar-refractivity contribution in [1.29, 1.82) is 0 Å². The Labute approximate surface area is 163 Å². The summed E-state index contributed by atoms with van der Waals surface area (Å²) in [6, 6.07) is 14.9. The molecule has 0 radical (unpaired) electrons. The fraction of sp³-hybridized carbons (Fsp3) is 0.318. The monoisotopic (exact) mass is 376 g/mol. The maximum absolute atomic E-state index is 12.3. The average Bonchev–Trinajstić information content (AvgIpc) is 3.17. The standard InChI is InChI=1S/C22H24N4O2/c23-21(28)17-7-4-8-18-20(17)25-22(24-18)16-9-12-26(13-10-16)14-11-19(27)15-5-2-1-3-6-15/h1-8,16H,9-14H2,(H2,23,28)(H,24,25). The van der Waals surface area contributed by atoms with E-state index >= 15 is 0 Å². The first-order valence-corrected chi connectivity index (χ1v) is 9.71. The molecule has 0 bridgehead atoms. The van der Waals surface area contributed by atoms with Gasteiger partial charge in [0.2, 0.25) is 0 Å². The summed E-state index contributed by atoms with van der Waals surface area (Å²) < 4.78 is 0. The van der Waals surface area contributed by atoms with Crippen molar-refractivity contribution >= 4 is 22.7 Å². The van der Waals surface area contributed by atoms with Gasteiger partial charge < -0.3 is 15.6 Å². The molecule has 0 saturated carbocycles. The Morgan fingerprint density at radius 3 is 2.54 bits per heavy atom. The first-order valence-electron chi connectivity index (χ1n) is 9.71. The molecule has 1 aromatic heterocycles. The minimum Gasteiger partial charge on any atom is -0.366 e. The van der Waals surface area contributed by atoms with Crippen LogP contribution in [0, 0.1) is 0 Å². The van der Waals surface area contributed by atoms with E-state index < -0.39 is 5.91 Å². The number of imidazole rings is 1. The highest BCUT2D eigenvalue weighted by Gasteiger charge is 2.24. The van der Waals surface area contributed by atoms with Gasteiger partial charge in [0.15, 0.2) is 5.78 Å². The topological polar surface area (TPSA) is 92.1 Å². The highest BCUT2D eigenvalue weighted by molar-refractivity contribution is 6.04. The Morgan fingerprint density at radius 1 is 1.07 bits per heavy atom. The molecule has 1 aliphatic rings. The van der Waals surface area contributed by atoms with Crippen LogP contribution in [0.25, 0.3) is 11.0 Å². The first-order chi connectivity index (χ1) is 13.6. The summed E-state index contributed by atoms with van der Waals surface area (Å²) in [6.45, 7) is 2.66. The molecule has 1 fully saturated rings. The molecule has 0 atom stereocenters. The third-order valence-corrected chi connectivity index (χ3v) is 5.52. The van der Waals surface area contributed by atoms with E-state index in [4.69, 9.17) is 5.73 Å². The SMILES string of the molecule is NC(=O)c1cccc2[nH]c(C3CCN(CCC(=O)c4ccccc4)CC3)nc12. The van der Waals surface area contributed by atoms with Gasteiger partial charge in [-0.15, -0.1) is 0 Å². The molecule has 2 heterocycles. The fourth-order valence-electron chi connectivity index (χ4n) is 3.90. The number of ketones is 1. The molecule has 3 N–H and O–H groups in total. The third kappa shape index (κ3) is 3.82. The number of nitrogens with two attached hydrogens (primary N) is 1. The van der Waals surface area contributed by atoms with Crippen molar-refractivity contribution in [3.63, 3.8) is 0 Å². The van der Waals surface area contributed by atoms with Crippen molar-refractivity contribution in [2.24, 2.45) is 5.73 Å². The number of carbonyl (C=O) groups excluding carboxylic acids is 2. The van der Waals surface area contributed by atoms with Crippen molar-refractivity contribution in [3.8, 4) is 0 Å². The zero-order valence-electron chi connectivity index (χ0n) is 15.7. The van der Waals surface area contributed by atoms with Crippen LogP contribution in [-0.4, -0.2) is 46.2 Å². The van der Waals surface area contributed by atoms with Gasteiger partial charge in [0.1, 0.15) is 11.3 Å². The van der Waals surface area contributed by atoms with Crippen LogP contribution in [0.15, 0.2) is 48.5 Å². The summed E-state index contributed by atoms with van der Waals surface area (Å²) in [5.41, 5.74) is 8.20. The number of carbonyl (C=O) groups is 2. The van der Waals surface area contributed by atoms with E-state index in [1.807, 2.05) is 42.5 Å². The second kappa shape index (κ2) is 7.94.